The monoisotopic (exact) mass is 411 g/mol. The maximum Gasteiger partial charge on any atom is 0.225 e. The lowest BCUT2D eigenvalue weighted by Crippen LogP contribution is -2.47. The number of aryl methyl sites for hydroxylation is 1. The zero-order valence-electron chi connectivity index (χ0n) is 18.0. The van der Waals surface area contributed by atoms with Crippen LogP contribution in [0.25, 0.3) is 0 Å². The van der Waals surface area contributed by atoms with Crippen molar-refractivity contribution >= 4 is 11.9 Å². The Balaban J connectivity index is 1.24. The molecule has 0 aliphatic carbocycles. The highest BCUT2D eigenvalue weighted by Gasteiger charge is 2.18. The van der Waals surface area contributed by atoms with Crippen molar-refractivity contribution in [2.24, 2.45) is 4.99 Å². The van der Waals surface area contributed by atoms with Crippen molar-refractivity contribution in [1.29, 1.82) is 0 Å². The summed E-state index contributed by atoms with van der Waals surface area (Å²) >= 11 is 0. The third-order valence-electron chi connectivity index (χ3n) is 5.06. The van der Waals surface area contributed by atoms with Crippen molar-refractivity contribution in [2.75, 3.05) is 64.4 Å². The van der Waals surface area contributed by atoms with Crippen molar-refractivity contribution in [1.82, 2.24) is 25.5 Å². The first-order valence-electron chi connectivity index (χ1n) is 10.6. The molecule has 0 saturated carbocycles. The number of nitrogens with one attached hydrogen (secondary N) is 2. The van der Waals surface area contributed by atoms with Crippen molar-refractivity contribution in [3.8, 4) is 5.75 Å². The average Bonchev–Trinajstić information content (AvgIpc) is 2.80. The average molecular weight is 412 g/mol. The molecule has 0 amide bonds. The molecule has 2 heterocycles. The minimum absolute atomic E-state index is 0.596. The third-order valence-corrected chi connectivity index (χ3v) is 5.06. The first-order valence-corrected chi connectivity index (χ1v) is 10.6. The predicted molar refractivity (Wildman–Crippen MR) is 121 cm³/mol. The fourth-order valence-electron chi connectivity index (χ4n) is 3.33. The zero-order chi connectivity index (χ0) is 21.0. The molecule has 2 aromatic rings. The van der Waals surface area contributed by atoms with Gasteiger partial charge in [-0.25, -0.2) is 9.97 Å². The van der Waals surface area contributed by atoms with Gasteiger partial charge in [0.25, 0.3) is 0 Å². The molecule has 1 aliphatic heterocycles. The number of ether oxygens (including phenoxy) is 1. The van der Waals surface area contributed by atoms with Gasteiger partial charge < -0.3 is 20.3 Å². The van der Waals surface area contributed by atoms with Crippen LogP contribution in [0, 0.1) is 6.92 Å². The smallest absolute Gasteiger partial charge is 0.225 e. The van der Waals surface area contributed by atoms with Gasteiger partial charge in [0.2, 0.25) is 5.95 Å². The van der Waals surface area contributed by atoms with Crippen molar-refractivity contribution < 1.29 is 4.74 Å². The number of anilines is 1. The Morgan fingerprint density at radius 3 is 2.43 bits per heavy atom. The number of aromatic nitrogens is 2. The highest BCUT2D eigenvalue weighted by atomic mass is 16.5. The Bertz CT molecular complexity index is 759. The Kier molecular flexibility index (Phi) is 8.71. The summed E-state index contributed by atoms with van der Waals surface area (Å²) in [6, 6.07) is 9.95. The molecular formula is C22H33N7O. The molecule has 30 heavy (non-hydrogen) atoms. The Morgan fingerprint density at radius 2 is 1.73 bits per heavy atom. The van der Waals surface area contributed by atoms with Gasteiger partial charge in [0.15, 0.2) is 5.96 Å². The van der Waals surface area contributed by atoms with Crippen LogP contribution in [0.1, 0.15) is 12.0 Å². The summed E-state index contributed by atoms with van der Waals surface area (Å²) in [5.74, 6) is 2.54. The molecule has 0 unspecified atom stereocenters. The molecule has 0 bridgehead atoms. The van der Waals surface area contributed by atoms with Gasteiger partial charge in [0, 0.05) is 52.2 Å². The van der Waals surface area contributed by atoms with Gasteiger partial charge in [-0.1, -0.05) is 17.7 Å². The second-order valence-electron chi connectivity index (χ2n) is 7.32. The number of aliphatic imine (C=N–C) groups is 1. The SMILES string of the molecule is CN=C(NCCCN1CCN(c2ncccn2)CC1)NCCOc1ccc(C)cc1. The van der Waals surface area contributed by atoms with Crippen LogP contribution in [-0.4, -0.2) is 80.3 Å². The first-order chi connectivity index (χ1) is 14.7. The molecule has 8 heteroatoms. The molecule has 3 rings (SSSR count). The molecule has 1 aliphatic rings. The lowest BCUT2D eigenvalue weighted by Gasteiger charge is -2.34. The van der Waals surface area contributed by atoms with E-state index in [0.717, 1.165) is 63.3 Å². The van der Waals surface area contributed by atoms with Gasteiger partial charge in [0.05, 0.1) is 6.54 Å². The summed E-state index contributed by atoms with van der Waals surface area (Å²) in [7, 11) is 1.79. The number of hydrogen-bond acceptors (Lipinski definition) is 6. The number of piperazine rings is 1. The summed E-state index contributed by atoms with van der Waals surface area (Å²) in [5.41, 5.74) is 1.23. The summed E-state index contributed by atoms with van der Waals surface area (Å²) in [6.07, 6.45) is 4.67. The largest absolute Gasteiger partial charge is 0.492 e. The van der Waals surface area contributed by atoms with Gasteiger partial charge in [-0.05, 0) is 38.1 Å². The van der Waals surface area contributed by atoms with Crippen molar-refractivity contribution in [3.63, 3.8) is 0 Å². The molecule has 1 saturated heterocycles. The number of guanidine groups is 1. The van der Waals surface area contributed by atoms with Crippen LogP contribution < -0.4 is 20.3 Å². The molecule has 1 fully saturated rings. The molecule has 1 aromatic carbocycles. The standard InChI is InChI=1S/C22H33N7O/c1-19-5-7-20(8-6-19)30-18-12-25-21(23-2)24-11-4-13-28-14-16-29(17-15-28)22-26-9-3-10-27-22/h3,5-10H,4,11-18H2,1-2H3,(H2,23,24,25). The number of hydrogen-bond donors (Lipinski definition) is 2. The topological polar surface area (TPSA) is 77.9 Å². The van der Waals surface area contributed by atoms with Crippen LogP contribution in [-0.2, 0) is 0 Å². The Hall–Kier alpha value is -2.87. The molecule has 1 aromatic heterocycles. The van der Waals surface area contributed by atoms with Crippen LogP contribution >= 0.6 is 0 Å². The lowest BCUT2D eigenvalue weighted by atomic mass is 10.2. The number of nitrogens with zero attached hydrogens (tertiary/aromatic N) is 5. The normalized spacial score (nSPS) is 15.1. The summed E-state index contributed by atoms with van der Waals surface area (Å²) < 4.78 is 5.74. The highest BCUT2D eigenvalue weighted by Crippen LogP contribution is 2.11. The predicted octanol–water partition coefficient (Wildman–Crippen LogP) is 1.54. The van der Waals surface area contributed by atoms with Crippen molar-refractivity contribution in [3.05, 3.63) is 48.3 Å². The Labute approximate surface area is 179 Å². The van der Waals surface area contributed by atoms with E-state index in [1.807, 2.05) is 18.2 Å². The molecular weight excluding hydrogens is 378 g/mol. The number of benzene rings is 1. The summed E-state index contributed by atoms with van der Waals surface area (Å²) in [6.45, 7) is 9.37. The second-order valence-corrected chi connectivity index (χ2v) is 7.32. The van der Waals surface area contributed by atoms with Gasteiger partial charge in [0.1, 0.15) is 12.4 Å². The lowest BCUT2D eigenvalue weighted by molar-refractivity contribution is 0.254. The fraction of sp³-hybridized carbons (Fsp3) is 0.500. The third kappa shape index (κ3) is 7.18. The molecule has 0 atom stereocenters. The van der Waals surface area contributed by atoms with E-state index < -0.39 is 0 Å². The van der Waals surface area contributed by atoms with Crippen LogP contribution in [0.4, 0.5) is 5.95 Å². The summed E-state index contributed by atoms with van der Waals surface area (Å²) in [4.78, 5) is 17.7. The van der Waals surface area contributed by atoms with Crippen molar-refractivity contribution in [2.45, 2.75) is 13.3 Å². The van der Waals surface area contributed by atoms with Crippen LogP contribution in [0.15, 0.2) is 47.7 Å². The van der Waals surface area contributed by atoms with Crippen LogP contribution in [0.5, 0.6) is 5.75 Å². The quantitative estimate of drug-likeness (QED) is 0.368. The molecule has 0 spiro atoms. The summed E-state index contributed by atoms with van der Waals surface area (Å²) in [5, 5.41) is 6.67. The van der Waals surface area contributed by atoms with E-state index in [9.17, 15) is 0 Å². The number of rotatable bonds is 9. The zero-order valence-corrected chi connectivity index (χ0v) is 18.0. The maximum absolute atomic E-state index is 5.74. The van der Waals surface area contributed by atoms with E-state index in [0.29, 0.717) is 13.2 Å². The second kappa shape index (κ2) is 12.0. The van der Waals surface area contributed by atoms with Gasteiger partial charge in [-0.15, -0.1) is 0 Å². The van der Waals surface area contributed by atoms with Gasteiger partial charge >= 0.3 is 0 Å². The molecule has 2 N–H and O–H groups in total. The fourth-order valence-corrected chi connectivity index (χ4v) is 3.33. The maximum atomic E-state index is 5.74. The van der Waals surface area contributed by atoms with E-state index in [1.165, 1.54) is 5.56 Å². The van der Waals surface area contributed by atoms with E-state index in [-0.39, 0.29) is 0 Å². The molecule has 0 radical (unpaired) electrons. The van der Waals surface area contributed by atoms with Gasteiger partial charge in [-0.3, -0.25) is 9.89 Å². The van der Waals surface area contributed by atoms with E-state index >= 15 is 0 Å². The van der Waals surface area contributed by atoms with Crippen LogP contribution in [0.3, 0.4) is 0 Å². The minimum Gasteiger partial charge on any atom is -0.492 e. The molecule has 8 nitrogen and oxygen atoms in total. The van der Waals surface area contributed by atoms with Gasteiger partial charge in [-0.2, -0.15) is 0 Å². The van der Waals surface area contributed by atoms with Crippen LogP contribution in [0.2, 0.25) is 0 Å². The molecule has 162 valence electrons. The first kappa shape index (κ1) is 21.8. The minimum atomic E-state index is 0.596. The Morgan fingerprint density at radius 1 is 1.03 bits per heavy atom. The van der Waals surface area contributed by atoms with E-state index in [1.54, 1.807) is 19.4 Å². The highest BCUT2D eigenvalue weighted by molar-refractivity contribution is 5.79. The van der Waals surface area contributed by atoms with E-state index in [2.05, 4.69) is 54.5 Å². The van der Waals surface area contributed by atoms with E-state index in [4.69, 9.17) is 4.74 Å².